The third-order valence-corrected chi connectivity index (χ3v) is 10.5. The molecule has 1 aliphatic rings. The third kappa shape index (κ3) is 4.18. The Kier molecular flexibility index (Phi) is 6.43. The maximum atomic E-state index is 5.21. The Hall–Kier alpha value is -6.51. The molecule has 0 aliphatic heterocycles. The summed E-state index contributed by atoms with van der Waals surface area (Å²) in [7, 11) is 0. The molecule has 10 rings (SSSR count). The van der Waals surface area contributed by atoms with Gasteiger partial charge in [-0.25, -0.2) is 4.98 Å². The van der Waals surface area contributed by atoms with E-state index >= 15 is 0 Å². The molecule has 0 saturated carbocycles. The van der Waals surface area contributed by atoms with E-state index in [1.807, 2.05) is 0 Å². The molecule has 9 aromatic rings. The zero-order valence-electron chi connectivity index (χ0n) is 27.4. The number of nitrogens with zero attached hydrogens (tertiary/aromatic N) is 2. The van der Waals surface area contributed by atoms with Crippen LogP contribution in [0.15, 0.2) is 194 Å². The summed E-state index contributed by atoms with van der Waals surface area (Å²) in [5.41, 5.74) is 14.8. The lowest BCUT2D eigenvalue weighted by Gasteiger charge is -2.34. The lowest BCUT2D eigenvalue weighted by molar-refractivity contribution is 0.769. The molecule has 50 heavy (non-hydrogen) atoms. The van der Waals surface area contributed by atoms with Gasteiger partial charge in [0.05, 0.1) is 33.5 Å². The summed E-state index contributed by atoms with van der Waals surface area (Å²) in [6, 6.07) is 70.4. The van der Waals surface area contributed by atoms with Gasteiger partial charge in [-0.2, -0.15) is 0 Å². The second-order valence-corrected chi connectivity index (χ2v) is 13.1. The van der Waals surface area contributed by atoms with E-state index in [4.69, 9.17) is 4.98 Å². The molecule has 0 fully saturated rings. The molecule has 7 aromatic carbocycles. The maximum Gasteiger partial charge on any atom is 0.0730 e. The van der Waals surface area contributed by atoms with Crippen molar-refractivity contribution in [2.24, 2.45) is 0 Å². The lowest BCUT2D eigenvalue weighted by Crippen LogP contribution is -2.28. The highest BCUT2D eigenvalue weighted by Crippen LogP contribution is 2.56. The molecule has 0 N–H and O–H groups in total. The number of aromatic nitrogens is 2. The maximum absolute atomic E-state index is 5.21. The number of hydrogen-bond acceptors (Lipinski definition) is 1. The van der Waals surface area contributed by atoms with E-state index in [9.17, 15) is 0 Å². The first-order valence-electron chi connectivity index (χ1n) is 17.2. The predicted octanol–water partition coefficient (Wildman–Crippen LogP) is 11.9. The van der Waals surface area contributed by atoms with Crippen LogP contribution in [0.5, 0.6) is 0 Å². The van der Waals surface area contributed by atoms with Crippen LogP contribution in [0.4, 0.5) is 0 Å². The van der Waals surface area contributed by atoms with Crippen molar-refractivity contribution < 1.29 is 0 Å². The molecule has 1 aliphatic carbocycles. The summed E-state index contributed by atoms with van der Waals surface area (Å²) in [5, 5.41) is 2.46. The number of pyridine rings is 1. The van der Waals surface area contributed by atoms with Crippen LogP contribution in [-0.2, 0) is 5.41 Å². The lowest BCUT2D eigenvalue weighted by atomic mass is 9.67. The number of benzene rings is 7. The zero-order chi connectivity index (χ0) is 33.1. The number of fused-ring (bicyclic) bond motifs is 6. The van der Waals surface area contributed by atoms with Crippen LogP contribution >= 0.6 is 0 Å². The topological polar surface area (TPSA) is 17.8 Å². The van der Waals surface area contributed by atoms with Gasteiger partial charge in [-0.3, -0.25) is 0 Å². The van der Waals surface area contributed by atoms with Crippen LogP contribution in [-0.4, -0.2) is 9.55 Å². The highest BCUT2D eigenvalue weighted by atomic mass is 15.0. The molecule has 0 unspecified atom stereocenters. The Bertz CT molecular complexity index is 2590. The Morgan fingerprint density at radius 1 is 0.380 bits per heavy atom. The normalized spacial score (nSPS) is 13.0. The highest BCUT2D eigenvalue weighted by molar-refractivity contribution is 6.10. The van der Waals surface area contributed by atoms with Gasteiger partial charge in [-0.15, -0.1) is 0 Å². The molecule has 0 spiro atoms. The molecule has 0 radical (unpaired) electrons. The van der Waals surface area contributed by atoms with Gasteiger partial charge < -0.3 is 4.57 Å². The van der Waals surface area contributed by atoms with E-state index < -0.39 is 5.41 Å². The molecular weight excluding hydrogens is 605 g/mol. The first-order chi connectivity index (χ1) is 24.8. The van der Waals surface area contributed by atoms with E-state index in [1.165, 1.54) is 55.2 Å². The summed E-state index contributed by atoms with van der Waals surface area (Å²) in [6.07, 6.45) is 0. The Morgan fingerprint density at radius 2 is 0.880 bits per heavy atom. The minimum Gasteiger partial charge on any atom is -0.309 e. The average molecular weight is 637 g/mol. The zero-order valence-corrected chi connectivity index (χ0v) is 27.4. The molecule has 0 atom stereocenters. The van der Waals surface area contributed by atoms with E-state index in [1.54, 1.807) is 0 Å². The van der Waals surface area contributed by atoms with E-state index in [0.29, 0.717) is 0 Å². The minimum absolute atomic E-state index is 0.480. The molecule has 0 amide bonds. The van der Waals surface area contributed by atoms with Gasteiger partial charge in [-0.05, 0) is 57.6 Å². The quantitative estimate of drug-likeness (QED) is 0.184. The summed E-state index contributed by atoms with van der Waals surface area (Å²) >= 11 is 0. The van der Waals surface area contributed by atoms with E-state index in [0.717, 1.165) is 28.2 Å². The van der Waals surface area contributed by atoms with E-state index in [2.05, 4.69) is 199 Å². The molecule has 2 heterocycles. The van der Waals surface area contributed by atoms with Crippen molar-refractivity contribution in [3.05, 3.63) is 216 Å². The summed E-state index contributed by atoms with van der Waals surface area (Å²) in [6.45, 7) is 0. The van der Waals surface area contributed by atoms with Crippen LogP contribution in [0, 0.1) is 0 Å². The number of para-hydroxylation sites is 1. The standard InChI is InChI=1S/C48H32N2/c1-4-16-33(17-5-1)44-31-37(32-45(49-44)34-18-6-2-7-19-34)50-46-27-15-12-24-40(46)41-29-28-36(30-47(41)50)48(35-20-8-3-9-21-35)42-25-13-10-22-38(42)39-23-11-14-26-43(39)48/h1-32H. The monoisotopic (exact) mass is 636 g/mol. The Balaban J connectivity index is 1.31. The van der Waals surface area contributed by atoms with Crippen molar-refractivity contribution in [1.82, 2.24) is 9.55 Å². The third-order valence-electron chi connectivity index (χ3n) is 10.5. The first kappa shape index (κ1) is 28.5. The van der Waals surface area contributed by atoms with Crippen LogP contribution in [0.2, 0.25) is 0 Å². The number of rotatable bonds is 5. The second-order valence-electron chi connectivity index (χ2n) is 13.1. The van der Waals surface area contributed by atoms with Crippen LogP contribution in [0.25, 0.3) is 61.1 Å². The van der Waals surface area contributed by atoms with Gasteiger partial charge in [0.2, 0.25) is 0 Å². The second kappa shape index (κ2) is 11.3. The van der Waals surface area contributed by atoms with Crippen molar-refractivity contribution in [1.29, 1.82) is 0 Å². The smallest absolute Gasteiger partial charge is 0.0730 e. The van der Waals surface area contributed by atoms with Gasteiger partial charge in [0, 0.05) is 21.9 Å². The highest BCUT2D eigenvalue weighted by Gasteiger charge is 2.46. The Labute approximate surface area is 291 Å². The van der Waals surface area contributed by atoms with Crippen molar-refractivity contribution >= 4 is 21.8 Å². The van der Waals surface area contributed by atoms with Gasteiger partial charge in [0.1, 0.15) is 0 Å². The molecule has 2 heteroatoms. The van der Waals surface area contributed by atoms with E-state index in [-0.39, 0.29) is 0 Å². The first-order valence-corrected chi connectivity index (χ1v) is 17.2. The largest absolute Gasteiger partial charge is 0.309 e. The van der Waals surface area contributed by atoms with Crippen LogP contribution < -0.4 is 0 Å². The van der Waals surface area contributed by atoms with Crippen LogP contribution in [0.1, 0.15) is 22.3 Å². The molecule has 0 bridgehead atoms. The summed E-state index contributed by atoms with van der Waals surface area (Å²) in [4.78, 5) is 5.21. The fourth-order valence-corrected chi connectivity index (χ4v) is 8.35. The fraction of sp³-hybridized carbons (Fsp3) is 0.0208. The summed E-state index contributed by atoms with van der Waals surface area (Å²) in [5.74, 6) is 0. The van der Waals surface area contributed by atoms with Crippen molar-refractivity contribution in [3.8, 4) is 39.3 Å². The fourth-order valence-electron chi connectivity index (χ4n) is 8.35. The Morgan fingerprint density at radius 3 is 1.50 bits per heavy atom. The predicted molar refractivity (Wildman–Crippen MR) is 207 cm³/mol. The van der Waals surface area contributed by atoms with Crippen LogP contribution in [0.3, 0.4) is 0 Å². The average Bonchev–Trinajstić information content (AvgIpc) is 3.69. The molecule has 234 valence electrons. The minimum atomic E-state index is -0.480. The van der Waals surface area contributed by atoms with Gasteiger partial charge in [0.25, 0.3) is 0 Å². The van der Waals surface area contributed by atoms with Crippen molar-refractivity contribution in [3.63, 3.8) is 0 Å². The van der Waals surface area contributed by atoms with Gasteiger partial charge >= 0.3 is 0 Å². The molecule has 0 saturated heterocycles. The van der Waals surface area contributed by atoms with Crippen molar-refractivity contribution in [2.45, 2.75) is 5.41 Å². The number of hydrogen-bond donors (Lipinski definition) is 0. The molecule has 2 aromatic heterocycles. The SMILES string of the molecule is c1ccc(-c2cc(-n3c4ccccc4c4ccc(C5(c6ccccc6)c6ccccc6-c6ccccc65)cc43)cc(-c3ccccc3)n2)cc1. The van der Waals surface area contributed by atoms with Crippen molar-refractivity contribution in [2.75, 3.05) is 0 Å². The summed E-state index contributed by atoms with van der Waals surface area (Å²) < 4.78 is 2.44. The van der Waals surface area contributed by atoms with Gasteiger partial charge in [0.15, 0.2) is 0 Å². The molecule has 2 nitrogen and oxygen atoms in total. The van der Waals surface area contributed by atoms with Gasteiger partial charge in [-0.1, -0.05) is 170 Å². The molecular formula is C48H32N2.